The molecule has 0 spiro atoms. The Morgan fingerprint density at radius 3 is 2.58 bits per heavy atom. The molecule has 4 nitrogen and oxygen atoms in total. The van der Waals surface area contributed by atoms with Gasteiger partial charge in [-0.3, -0.25) is 4.98 Å². The lowest BCUT2D eigenvalue weighted by Crippen LogP contribution is -2.38. The predicted octanol–water partition coefficient (Wildman–Crippen LogP) is 2.47. The first kappa shape index (κ1) is 13.8. The highest BCUT2D eigenvalue weighted by Crippen LogP contribution is 2.23. The smallest absolute Gasteiger partial charge is 0.154 e. The number of fused-ring (bicyclic) bond motifs is 1. The van der Waals surface area contributed by atoms with Gasteiger partial charge in [-0.1, -0.05) is 18.2 Å². The zero-order valence-corrected chi connectivity index (χ0v) is 12.2. The Morgan fingerprint density at radius 2 is 1.89 bits per heavy atom. The van der Waals surface area contributed by atoms with Gasteiger partial charge in [0.05, 0.1) is 10.3 Å². The van der Waals surface area contributed by atoms with Crippen LogP contribution in [0.3, 0.4) is 0 Å². The Balaban J connectivity index is 2.28. The lowest BCUT2D eigenvalue weighted by Gasteiger charge is -2.23. The van der Waals surface area contributed by atoms with Crippen LogP contribution in [0.2, 0.25) is 0 Å². The van der Waals surface area contributed by atoms with Gasteiger partial charge in [-0.05, 0) is 26.0 Å². The molecule has 0 aliphatic heterocycles. The SMILES string of the molecule is CC(C)(CNc1ccnc2ccccc12)S(C)(=O)=O. The molecule has 0 aliphatic carbocycles. The quantitative estimate of drug-likeness (QED) is 0.933. The van der Waals surface area contributed by atoms with Crippen LogP contribution in [-0.4, -0.2) is 30.9 Å². The molecule has 1 N–H and O–H groups in total. The van der Waals surface area contributed by atoms with Crippen LogP contribution in [0, 0.1) is 0 Å². The van der Waals surface area contributed by atoms with Crippen molar-refractivity contribution in [3.8, 4) is 0 Å². The van der Waals surface area contributed by atoms with E-state index in [-0.39, 0.29) is 0 Å². The summed E-state index contributed by atoms with van der Waals surface area (Å²) in [6, 6.07) is 9.64. The Morgan fingerprint density at radius 1 is 1.21 bits per heavy atom. The summed E-state index contributed by atoms with van der Waals surface area (Å²) < 4.78 is 22.6. The highest BCUT2D eigenvalue weighted by molar-refractivity contribution is 7.92. The maximum Gasteiger partial charge on any atom is 0.154 e. The van der Waals surface area contributed by atoms with Crippen LogP contribution in [0.25, 0.3) is 10.9 Å². The standard InChI is InChI=1S/C14H18N2O2S/c1-14(2,19(3,17)18)10-16-13-8-9-15-12-7-5-4-6-11(12)13/h4-9H,10H2,1-3H3,(H,15,16). The van der Waals surface area contributed by atoms with E-state index >= 15 is 0 Å². The molecule has 1 aromatic carbocycles. The van der Waals surface area contributed by atoms with Gasteiger partial charge in [-0.15, -0.1) is 0 Å². The number of anilines is 1. The number of hydrogen-bond donors (Lipinski definition) is 1. The second kappa shape index (κ2) is 4.81. The van der Waals surface area contributed by atoms with Crippen molar-refractivity contribution in [3.05, 3.63) is 36.5 Å². The van der Waals surface area contributed by atoms with E-state index in [1.54, 1.807) is 20.0 Å². The Kier molecular flexibility index (Phi) is 3.49. The number of nitrogens with zero attached hydrogens (tertiary/aromatic N) is 1. The van der Waals surface area contributed by atoms with Crippen molar-refractivity contribution in [1.29, 1.82) is 0 Å². The third-order valence-electron chi connectivity index (χ3n) is 3.36. The van der Waals surface area contributed by atoms with Gasteiger partial charge in [0.2, 0.25) is 0 Å². The zero-order chi connectivity index (χ0) is 14.1. The van der Waals surface area contributed by atoms with Crippen molar-refractivity contribution in [2.24, 2.45) is 0 Å². The highest BCUT2D eigenvalue weighted by atomic mass is 32.2. The van der Waals surface area contributed by atoms with Gasteiger partial charge in [-0.25, -0.2) is 8.42 Å². The van der Waals surface area contributed by atoms with Crippen LogP contribution in [0.5, 0.6) is 0 Å². The lowest BCUT2D eigenvalue weighted by molar-refractivity contribution is 0.560. The number of sulfone groups is 1. The molecule has 0 saturated heterocycles. The molecule has 102 valence electrons. The zero-order valence-electron chi connectivity index (χ0n) is 11.3. The summed E-state index contributed by atoms with van der Waals surface area (Å²) in [4.78, 5) is 4.28. The first-order chi connectivity index (χ1) is 8.81. The predicted molar refractivity (Wildman–Crippen MR) is 79.2 cm³/mol. The molecular weight excluding hydrogens is 260 g/mol. The van der Waals surface area contributed by atoms with E-state index in [1.165, 1.54) is 6.26 Å². The van der Waals surface area contributed by atoms with Gasteiger partial charge in [-0.2, -0.15) is 0 Å². The molecule has 0 radical (unpaired) electrons. The monoisotopic (exact) mass is 278 g/mol. The summed E-state index contributed by atoms with van der Waals surface area (Å²) >= 11 is 0. The summed E-state index contributed by atoms with van der Waals surface area (Å²) in [5, 5.41) is 4.21. The lowest BCUT2D eigenvalue weighted by atomic mass is 10.1. The molecular formula is C14H18N2O2S. The third kappa shape index (κ3) is 2.87. The molecule has 19 heavy (non-hydrogen) atoms. The minimum atomic E-state index is -3.10. The van der Waals surface area contributed by atoms with Crippen molar-refractivity contribution in [3.63, 3.8) is 0 Å². The van der Waals surface area contributed by atoms with Crippen LogP contribution >= 0.6 is 0 Å². The summed E-state index contributed by atoms with van der Waals surface area (Å²) in [7, 11) is -3.10. The average molecular weight is 278 g/mol. The van der Waals surface area contributed by atoms with E-state index in [0.717, 1.165) is 16.6 Å². The second-order valence-electron chi connectivity index (χ2n) is 5.26. The van der Waals surface area contributed by atoms with Crippen LogP contribution in [0.1, 0.15) is 13.8 Å². The summed E-state index contributed by atoms with van der Waals surface area (Å²) in [6.45, 7) is 3.80. The normalized spacial score (nSPS) is 12.6. The van der Waals surface area contributed by atoms with E-state index in [2.05, 4.69) is 10.3 Å². The first-order valence-electron chi connectivity index (χ1n) is 6.08. The second-order valence-corrected chi connectivity index (χ2v) is 7.91. The number of benzene rings is 1. The minimum Gasteiger partial charge on any atom is -0.383 e. The molecule has 0 amide bonds. The molecule has 5 heteroatoms. The van der Waals surface area contributed by atoms with Crippen molar-refractivity contribution >= 4 is 26.4 Å². The Hall–Kier alpha value is -1.62. The topological polar surface area (TPSA) is 59.1 Å². The molecule has 2 rings (SSSR count). The van der Waals surface area contributed by atoms with E-state index in [1.807, 2.05) is 30.3 Å². The Bertz CT molecular complexity index is 688. The maximum absolute atomic E-state index is 11.7. The van der Waals surface area contributed by atoms with Gasteiger partial charge < -0.3 is 5.32 Å². The molecule has 0 atom stereocenters. The van der Waals surface area contributed by atoms with E-state index in [4.69, 9.17) is 0 Å². The van der Waals surface area contributed by atoms with Crippen molar-refractivity contribution in [2.75, 3.05) is 18.1 Å². The fourth-order valence-electron chi connectivity index (χ4n) is 1.69. The highest BCUT2D eigenvalue weighted by Gasteiger charge is 2.29. The molecule has 2 aromatic rings. The summed E-state index contributed by atoms with van der Waals surface area (Å²) in [5.74, 6) is 0. The van der Waals surface area contributed by atoms with E-state index in [0.29, 0.717) is 6.54 Å². The number of pyridine rings is 1. The van der Waals surface area contributed by atoms with E-state index < -0.39 is 14.6 Å². The fraction of sp³-hybridized carbons (Fsp3) is 0.357. The Labute approximate surface area is 113 Å². The number of para-hydroxylation sites is 1. The van der Waals surface area contributed by atoms with Gasteiger partial charge in [0, 0.05) is 30.1 Å². The first-order valence-corrected chi connectivity index (χ1v) is 7.98. The third-order valence-corrected chi connectivity index (χ3v) is 5.51. The summed E-state index contributed by atoms with van der Waals surface area (Å²) in [6.07, 6.45) is 2.98. The number of aromatic nitrogens is 1. The maximum atomic E-state index is 11.7. The average Bonchev–Trinajstić information content (AvgIpc) is 2.35. The van der Waals surface area contributed by atoms with Crippen LogP contribution in [0.15, 0.2) is 36.5 Å². The minimum absolute atomic E-state index is 0.361. The molecule has 0 fully saturated rings. The summed E-state index contributed by atoms with van der Waals surface area (Å²) in [5.41, 5.74) is 1.80. The van der Waals surface area contributed by atoms with E-state index in [9.17, 15) is 8.42 Å². The largest absolute Gasteiger partial charge is 0.383 e. The van der Waals surface area contributed by atoms with Crippen LogP contribution < -0.4 is 5.32 Å². The molecule has 1 aromatic heterocycles. The number of hydrogen-bond acceptors (Lipinski definition) is 4. The number of rotatable bonds is 4. The molecule has 1 heterocycles. The van der Waals surface area contributed by atoms with Gasteiger partial charge >= 0.3 is 0 Å². The van der Waals surface area contributed by atoms with Gasteiger partial charge in [0.1, 0.15) is 0 Å². The van der Waals surface area contributed by atoms with Gasteiger partial charge in [0.25, 0.3) is 0 Å². The van der Waals surface area contributed by atoms with Crippen molar-refractivity contribution < 1.29 is 8.42 Å². The van der Waals surface area contributed by atoms with Crippen LogP contribution in [-0.2, 0) is 9.84 Å². The molecule has 0 saturated carbocycles. The number of nitrogens with one attached hydrogen (secondary N) is 1. The molecule has 0 aliphatic rings. The molecule has 0 bridgehead atoms. The van der Waals surface area contributed by atoms with Crippen LogP contribution in [0.4, 0.5) is 5.69 Å². The molecule has 0 unspecified atom stereocenters. The van der Waals surface area contributed by atoms with Crippen molar-refractivity contribution in [2.45, 2.75) is 18.6 Å². The van der Waals surface area contributed by atoms with Gasteiger partial charge in [0.15, 0.2) is 9.84 Å². The fourth-order valence-corrected chi connectivity index (χ4v) is 2.02. The van der Waals surface area contributed by atoms with Crippen molar-refractivity contribution in [1.82, 2.24) is 4.98 Å².